The molecule has 84 valence electrons. The van der Waals surface area contributed by atoms with E-state index in [0.717, 1.165) is 0 Å². The molecule has 0 saturated carbocycles. The van der Waals surface area contributed by atoms with Crippen molar-refractivity contribution in [3.63, 3.8) is 0 Å². The third kappa shape index (κ3) is 19.8. The Bertz CT molecular complexity index is 162. The second-order valence-corrected chi connectivity index (χ2v) is 2.24. The van der Waals surface area contributed by atoms with E-state index in [1.54, 1.807) is 6.92 Å². The fourth-order valence-electron chi connectivity index (χ4n) is 0.642. The van der Waals surface area contributed by atoms with Crippen molar-refractivity contribution in [1.82, 2.24) is 0 Å². The summed E-state index contributed by atoms with van der Waals surface area (Å²) in [6.45, 7) is 1.93. The SMILES string of the molecule is CCO.[CH3-].[Hf].c1cc[cH-]c1.c1cc[cH-]c1. The van der Waals surface area contributed by atoms with Crippen molar-refractivity contribution in [2.75, 3.05) is 6.61 Å². The van der Waals surface area contributed by atoms with E-state index in [1.807, 2.05) is 60.7 Å². The molecule has 2 rings (SSSR count). The zero-order chi connectivity index (χ0) is 9.78. The summed E-state index contributed by atoms with van der Waals surface area (Å²) in [5, 5.41) is 7.57. The van der Waals surface area contributed by atoms with Crippen molar-refractivity contribution in [3.8, 4) is 0 Å². The first-order valence-electron chi connectivity index (χ1n) is 4.36. The van der Waals surface area contributed by atoms with E-state index in [4.69, 9.17) is 5.11 Å². The van der Waals surface area contributed by atoms with Crippen molar-refractivity contribution < 1.29 is 30.9 Å². The predicted molar refractivity (Wildman–Crippen MR) is 63.2 cm³/mol. The summed E-state index contributed by atoms with van der Waals surface area (Å²) in [6.07, 6.45) is 0. The Morgan fingerprint density at radius 3 is 1.13 bits per heavy atom. The summed E-state index contributed by atoms with van der Waals surface area (Å²) in [7, 11) is 0. The van der Waals surface area contributed by atoms with Gasteiger partial charge in [-0.05, 0) is 6.92 Å². The van der Waals surface area contributed by atoms with Crippen LogP contribution in [0.25, 0.3) is 0 Å². The molecule has 0 saturated heterocycles. The van der Waals surface area contributed by atoms with Crippen LogP contribution in [0.3, 0.4) is 0 Å². The van der Waals surface area contributed by atoms with Crippen molar-refractivity contribution in [2.24, 2.45) is 0 Å². The molecule has 0 amide bonds. The molecule has 0 aliphatic heterocycles. The first-order valence-corrected chi connectivity index (χ1v) is 4.36. The van der Waals surface area contributed by atoms with E-state index in [-0.39, 0.29) is 39.9 Å². The topological polar surface area (TPSA) is 20.2 Å². The van der Waals surface area contributed by atoms with Crippen molar-refractivity contribution in [3.05, 3.63) is 68.1 Å². The monoisotopic (exact) mass is 371 g/mol. The Kier molecular flexibility index (Phi) is 25.6. The van der Waals surface area contributed by atoms with Gasteiger partial charge in [-0.15, -0.1) is 0 Å². The minimum atomic E-state index is 0. The van der Waals surface area contributed by atoms with Crippen LogP contribution in [0.5, 0.6) is 0 Å². The molecule has 0 unspecified atom stereocenters. The Morgan fingerprint density at radius 1 is 0.867 bits per heavy atom. The third-order valence-electron chi connectivity index (χ3n) is 1.11. The molecule has 0 heterocycles. The Morgan fingerprint density at radius 2 is 1.07 bits per heavy atom. The third-order valence-corrected chi connectivity index (χ3v) is 1.11. The Hall–Kier alpha value is -0.470. The maximum absolute atomic E-state index is 7.57. The van der Waals surface area contributed by atoms with E-state index in [2.05, 4.69) is 0 Å². The van der Waals surface area contributed by atoms with Gasteiger partial charge < -0.3 is 12.5 Å². The first-order chi connectivity index (χ1) is 6.41. The second-order valence-electron chi connectivity index (χ2n) is 2.24. The van der Waals surface area contributed by atoms with Gasteiger partial charge in [0, 0.05) is 32.5 Å². The maximum atomic E-state index is 7.57. The van der Waals surface area contributed by atoms with E-state index in [0.29, 0.717) is 0 Å². The van der Waals surface area contributed by atoms with Crippen LogP contribution >= 0.6 is 0 Å². The molecule has 2 heteroatoms. The second kappa shape index (κ2) is 19.2. The van der Waals surface area contributed by atoms with Gasteiger partial charge in [0.2, 0.25) is 0 Å². The van der Waals surface area contributed by atoms with Crippen LogP contribution in [0, 0.1) is 7.43 Å². The molecule has 0 aliphatic rings. The minimum absolute atomic E-state index is 0. The summed E-state index contributed by atoms with van der Waals surface area (Å²) in [5.41, 5.74) is 0. The molecule has 0 aromatic heterocycles. The van der Waals surface area contributed by atoms with Crippen LogP contribution in [0.1, 0.15) is 6.92 Å². The predicted octanol–water partition coefficient (Wildman–Crippen LogP) is 3.26. The fourth-order valence-corrected chi connectivity index (χ4v) is 0.642. The minimum Gasteiger partial charge on any atom is -0.397 e. The molecule has 0 aliphatic carbocycles. The molecule has 2 aromatic rings. The van der Waals surface area contributed by atoms with Gasteiger partial charge in [-0.1, -0.05) is 0 Å². The summed E-state index contributed by atoms with van der Waals surface area (Å²) < 4.78 is 0. The number of aliphatic hydroxyl groups is 1. The molecule has 0 spiro atoms. The van der Waals surface area contributed by atoms with E-state index in [1.165, 1.54) is 0 Å². The largest absolute Gasteiger partial charge is 0.397 e. The van der Waals surface area contributed by atoms with Gasteiger partial charge in [0.1, 0.15) is 0 Å². The van der Waals surface area contributed by atoms with Crippen LogP contribution in [0.4, 0.5) is 0 Å². The molecule has 2 aromatic carbocycles. The van der Waals surface area contributed by atoms with Crippen molar-refractivity contribution >= 4 is 0 Å². The van der Waals surface area contributed by atoms with Crippen molar-refractivity contribution in [1.29, 1.82) is 0 Å². The number of hydrogen-bond donors (Lipinski definition) is 1. The van der Waals surface area contributed by atoms with Crippen LogP contribution < -0.4 is 0 Å². The summed E-state index contributed by atoms with van der Waals surface area (Å²) >= 11 is 0. The van der Waals surface area contributed by atoms with Crippen LogP contribution in [-0.2, 0) is 25.8 Å². The Balaban J connectivity index is -0.000000140. The fraction of sp³-hybridized carbons (Fsp3) is 0.154. The van der Waals surface area contributed by atoms with E-state index >= 15 is 0 Å². The molecule has 1 N–H and O–H groups in total. The molecule has 1 nitrogen and oxygen atoms in total. The van der Waals surface area contributed by atoms with Gasteiger partial charge in [0.05, 0.1) is 0 Å². The average molecular weight is 370 g/mol. The van der Waals surface area contributed by atoms with Crippen LogP contribution in [0.15, 0.2) is 60.7 Å². The standard InChI is InChI=1S/2C5H5.C2H6O.CH3.Hf/c2*1-2-4-5-3-1;1-2-3;;/h2*1-5H;3H,2H2,1H3;1H3;/q2*-1;;-1;. The molecular formula is C13H19HfO-3. The summed E-state index contributed by atoms with van der Waals surface area (Å²) in [5.74, 6) is 0. The first kappa shape index (κ1) is 20.0. The summed E-state index contributed by atoms with van der Waals surface area (Å²) in [4.78, 5) is 0. The van der Waals surface area contributed by atoms with Gasteiger partial charge >= 0.3 is 0 Å². The molecule has 15 heavy (non-hydrogen) atoms. The van der Waals surface area contributed by atoms with Gasteiger partial charge in [-0.2, -0.15) is 36.4 Å². The number of aliphatic hydroxyl groups excluding tert-OH is 1. The zero-order valence-electron chi connectivity index (χ0n) is 9.43. The quantitative estimate of drug-likeness (QED) is 0.558. The molecular weight excluding hydrogens is 351 g/mol. The van der Waals surface area contributed by atoms with Crippen LogP contribution in [0.2, 0.25) is 0 Å². The van der Waals surface area contributed by atoms with Gasteiger partial charge in [-0.25, -0.2) is 24.3 Å². The van der Waals surface area contributed by atoms with Gasteiger partial charge in [0.25, 0.3) is 0 Å². The van der Waals surface area contributed by atoms with Crippen LogP contribution in [-0.4, -0.2) is 11.7 Å². The van der Waals surface area contributed by atoms with Crippen molar-refractivity contribution in [2.45, 2.75) is 6.92 Å². The molecule has 0 atom stereocenters. The zero-order valence-corrected chi connectivity index (χ0v) is 13.0. The molecule has 0 bridgehead atoms. The van der Waals surface area contributed by atoms with E-state index in [9.17, 15) is 0 Å². The molecule has 0 radical (unpaired) electrons. The number of rotatable bonds is 0. The maximum Gasteiger partial charge on any atom is 0.0402 e. The number of hydrogen-bond acceptors (Lipinski definition) is 1. The molecule has 0 fully saturated rings. The average Bonchev–Trinajstić information content (AvgIpc) is 2.85. The smallest absolute Gasteiger partial charge is 0.0402 e. The van der Waals surface area contributed by atoms with E-state index < -0.39 is 0 Å². The van der Waals surface area contributed by atoms with Gasteiger partial charge in [0.15, 0.2) is 0 Å². The normalized spacial score (nSPS) is 6.53. The Labute approximate surface area is 112 Å². The summed E-state index contributed by atoms with van der Waals surface area (Å²) in [6, 6.07) is 20.0. The van der Waals surface area contributed by atoms with Gasteiger partial charge in [-0.3, -0.25) is 0 Å².